The van der Waals surface area contributed by atoms with E-state index in [2.05, 4.69) is 15.4 Å². The van der Waals surface area contributed by atoms with Crippen molar-refractivity contribution in [3.8, 4) is 0 Å². The van der Waals surface area contributed by atoms with Crippen molar-refractivity contribution in [2.24, 2.45) is 0 Å². The van der Waals surface area contributed by atoms with Crippen molar-refractivity contribution < 1.29 is 33.1 Å². The Labute approximate surface area is 272 Å². The van der Waals surface area contributed by atoms with Crippen molar-refractivity contribution in [2.75, 3.05) is 17.3 Å². The van der Waals surface area contributed by atoms with Crippen molar-refractivity contribution in [1.29, 1.82) is 0 Å². The Bertz CT molecular complexity index is 1830. The van der Waals surface area contributed by atoms with Gasteiger partial charge in [0.25, 0.3) is 11.8 Å². The molecule has 0 aliphatic carbocycles. The lowest BCUT2D eigenvalue weighted by Crippen LogP contribution is -2.31. The topological polar surface area (TPSA) is 122 Å². The Balaban J connectivity index is 1.28. The average Bonchev–Trinajstić information content (AvgIpc) is 3.34. The molecular weight excluding hydrogens is 633 g/mol. The molecule has 0 aromatic heterocycles. The molecule has 0 spiro atoms. The monoisotopic (exact) mass is 657 g/mol. The van der Waals surface area contributed by atoms with E-state index in [1.165, 1.54) is 61.3 Å². The molecule has 1 atom stereocenters. The Hall–Kier alpha value is -5.26. The normalized spacial score (nSPS) is 14.6. The van der Waals surface area contributed by atoms with E-state index in [4.69, 9.17) is 11.6 Å². The van der Waals surface area contributed by atoms with E-state index in [0.29, 0.717) is 27.4 Å². The molecule has 1 heterocycles. The van der Waals surface area contributed by atoms with Crippen LogP contribution in [0, 0.1) is 5.82 Å². The van der Waals surface area contributed by atoms with Gasteiger partial charge in [-0.05, 0) is 78.9 Å². The fraction of sp³-hybridized carbons (Fsp3) is 0.0882. The number of benzene rings is 4. The second-order valence-corrected chi connectivity index (χ2v) is 11.6. The van der Waals surface area contributed by atoms with Crippen molar-refractivity contribution in [3.05, 3.63) is 130 Å². The molecule has 4 amide bonds. The van der Waals surface area contributed by atoms with E-state index in [1.54, 1.807) is 54.6 Å². The summed E-state index contributed by atoms with van der Waals surface area (Å²) >= 11 is 7.36. The highest BCUT2D eigenvalue weighted by Gasteiger charge is 2.40. The van der Waals surface area contributed by atoms with E-state index in [-0.39, 0.29) is 28.6 Å². The molecule has 0 bridgehead atoms. The summed E-state index contributed by atoms with van der Waals surface area (Å²) in [5.41, 5.74) is 0.978. The lowest BCUT2D eigenvalue weighted by Gasteiger charge is -2.15. The fourth-order valence-electron chi connectivity index (χ4n) is 4.55. The molecule has 1 fully saturated rings. The average molecular weight is 658 g/mol. The van der Waals surface area contributed by atoms with Crippen molar-refractivity contribution in [1.82, 2.24) is 5.32 Å². The van der Waals surface area contributed by atoms with Gasteiger partial charge in [0.2, 0.25) is 11.8 Å². The first kappa shape index (κ1) is 32.1. The first-order valence-electron chi connectivity index (χ1n) is 13.8. The number of thioether (sulfide) groups is 1. The number of nitrogens with zero attached hydrogens (tertiary/aromatic N) is 1. The Morgan fingerprint density at radius 1 is 0.913 bits per heavy atom. The summed E-state index contributed by atoms with van der Waals surface area (Å²) in [6.07, 6.45) is 1.14. The molecule has 0 radical (unpaired) electrons. The summed E-state index contributed by atoms with van der Waals surface area (Å²) in [5, 5.41) is 4.59. The number of carbonyl (C=O) groups is 5. The van der Waals surface area contributed by atoms with Gasteiger partial charge >= 0.3 is 5.97 Å². The van der Waals surface area contributed by atoms with Crippen LogP contribution in [0.25, 0.3) is 6.08 Å². The van der Waals surface area contributed by atoms with Crippen LogP contribution in [0.4, 0.5) is 15.8 Å². The maximum Gasteiger partial charge on any atom is 0.337 e. The largest absolute Gasteiger partial charge is 0.465 e. The highest BCUT2D eigenvalue weighted by Crippen LogP contribution is 2.34. The third kappa shape index (κ3) is 7.33. The molecule has 1 aliphatic rings. The summed E-state index contributed by atoms with van der Waals surface area (Å²) < 4.78 is 19.2. The summed E-state index contributed by atoms with van der Waals surface area (Å²) in [7, 11) is 1.26. The number of carbonyl (C=O) groups excluding carboxylic acids is 5. The van der Waals surface area contributed by atoms with Gasteiger partial charge < -0.3 is 15.4 Å². The molecule has 2 N–H and O–H groups in total. The summed E-state index contributed by atoms with van der Waals surface area (Å²) in [4.78, 5) is 65.5. The van der Waals surface area contributed by atoms with Gasteiger partial charge in [0.05, 0.1) is 28.6 Å². The zero-order chi connectivity index (χ0) is 32.8. The van der Waals surface area contributed by atoms with E-state index < -0.39 is 34.8 Å². The molecule has 4 aromatic carbocycles. The molecule has 46 heavy (non-hydrogen) atoms. The van der Waals surface area contributed by atoms with Gasteiger partial charge in [-0.25, -0.2) is 14.1 Å². The predicted octanol–water partition coefficient (Wildman–Crippen LogP) is 6.10. The second kappa shape index (κ2) is 14.2. The smallest absolute Gasteiger partial charge is 0.337 e. The van der Waals surface area contributed by atoms with Crippen LogP contribution in [0.2, 0.25) is 5.02 Å². The van der Waals surface area contributed by atoms with Gasteiger partial charge in [-0.3, -0.25) is 19.2 Å². The molecule has 1 aliphatic heterocycles. The SMILES string of the molecule is COC(=O)c1ccc(N2C(=O)CC(Sc3ccc(NC(=O)/C(=C/c4c(F)cccc4Cl)NC(=O)c4ccccc4)cc3)C2=O)cc1. The Morgan fingerprint density at radius 2 is 1.61 bits per heavy atom. The number of nitrogens with one attached hydrogen (secondary N) is 2. The third-order valence-corrected chi connectivity index (χ3v) is 8.39. The number of ether oxygens (including phenoxy) is 1. The zero-order valence-corrected chi connectivity index (χ0v) is 25.7. The maximum absolute atomic E-state index is 14.6. The number of hydrogen-bond donors (Lipinski definition) is 2. The molecule has 1 unspecified atom stereocenters. The van der Waals surface area contributed by atoms with Crippen LogP contribution in [0.5, 0.6) is 0 Å². The number of rotatable bonds is 9. The summed E-state index contributed by atoms with van der Waals surface area (Å²) in [5.74, 6) is -3.28. The van der Waals surface area contributed by atoms with Crippen molar-refractivity contribution in [3.63, 3.8) is 0 Å². The van der Waals surface area contributed by atoms with E-state index >= 15 is 0 Å². The maximum atomic E-state index is 14.6. The highest BCUT2D eigenvalue weighted by molar-refractivity contribution is 8.00. The molecule has 12 heteroatoms. The number of halogens is 2. The van der Waals surface area contributed by atoms with E-state index in [1.807, 2.05) is 0 Å². The Morgan fingerprint density at radius 3 is 2.26 bits per heavy atom. The third-order valence-electron chi connectivity index (χ3n) is 6.86. The quantitative estimate of drug-likeness (QED) is 0.127. The summed E-state index contributed by atoms with van der Waals surface area (Å²) in [6.45, 7) is 0. The number of amides is 4. The van der Waals surface area contributed by atoms with Crippen LogP contribution in [0.3, 0.4) is 0 Å². The lowest BCUT2D eigenvalue weighted by molar-refractivity contribution is -0.121. The number of anilines is 2. The van der Waals surface area contributed by atoms with Crippen molar-refractivity contribution in [2.45, 2.75) is 16.6 Å². The molecule has 9 nitrogen and oxygen atoms in total. The minimum Gasteiger partial charge on any atom is -0.465 e. The minimum absolute atomic E-state index is 0.0192. The summed E-state index contributed by atoms with van der Waals surface area (Å²) in [6, 6.07) is 24.8. The lowest BCUT2D eigenvalue weighted by atomic mass is 10.1. The van der Waals surface area contributed by atoms with E-state index in [9.17, 15) is 28.4 Å². The van der Waals surface area contributed by atoms with E-state index in [0.717, 1.165) is 11.0 Å². The highest BCUT2D eigenvalue weighted by atomic mass is 35.5. The molecule has 0 saturated carbocycles. The molecular formula is C34H25ClFN3O6S. The van der Waals surface area contributed by atoms with Crippen LogP contribution in [-0.4, -0.2) is 42.0 Å². The van der Waals surface area contributed by atoms with Crippen LogP contribution in [0.15, 0.2) is 108 Å². The number of hydrogen-bond acceptors (Lipinski definition) is 7. The van der Waals surface area contributed by atoms with Crippen LogP contribution in [-0.2, 0) is 19.1 Å². The van der Waals surface area contributed by atoms with Gasteiger partial charge in [0.1, 0.15) is 11.5 Å². The molecule has 4 aromatic rings. The van der Waals surface area contributed by atoms with Gasteiger partial charge in [-0.2, -0.15) is 0 Å². The van der Waals surface area contributed by atoms with Crippen LogP contribution in [0.1, 0.15) is 32.7 Å². The molecule has 1 saturated heterocycles. The number of esters is 1. The Kier molecular flexibility index (Phi) is 9.94. The van der Waals surface area contributed by atoms with Crippen molar-refractivity contribution >= 4 is 70.4 Å². The van der Waals surface area contributed by atoms with Gasteiger partial charge in [-0.15, -0.1) is 11.8 Å². The first-order chi connectivity index (χ1) is 22.1. The van der Waals surface area contributed by atoms with Gasteiger partial charge in [0, 0.05) is 28.1 Å². The standard InChI is InChI=1S/C34H25ClFN3O6S/c1-45-34(44)21-10-14-23(15-11-21)39-30(40)19-29(33(39)43)46-24-16-12-22(13-17-24)37-32(42)28(18-25-26(35)8-5-9-27(25)36)38-31(41)20-6-3-2-4-7-20/h2-18,29H,19H2,1H3,(H,37,42)(H,38,41)/b28-18-. The van der Waals surface area contributed by atoms with Crippen LogP contribution < -0.4 is 15.5 Å². The van der Waals surface area contributed by atoms with Crippen LogP contribution >= 0.6 is 23.4 Å². The number of imide groups is 1. The first-order valence-corrected chi connectivity index (χ1v) is 15.1. The fourth-order valence-corrected chi connectivity index (χ4v) is 5.82. The predicted molar refractivity (Wildman–Crippen MR) is 173 cm³/mol. The molecule has 5 rings (SSSR count). The molecule has 232 valence electrons. The minimum atomic E-state index is -0.727. The van der Waals surface area contributed by atoms with Gasteiger partial charge in [-0.1, -0.05) is 35.9 Å². The zero-order valence-electron chi connectivity index (χ0n) is 24.2. The second-order valence-electron chi connectivity index (χ2n) is 9.91. The van der Waals surface area contributed by atoms with Gasteiger partial charge in [0.15, 0.2) is 0 Å². The number of methoxy groups -OCH3 is 1.